The predicted octanol–water partition coefficient (Wildman–Crippen LogP) is 3.98. The Balaban J connectivity index is 3.52. The van der Waals surface area contributed by atoms with Gasteiger partial charge in [0.05, 0.1) is 0 Å². The van der Waals surface area contributed by atoms with E-state index < -0.39 is 0 Å². The number of hydrogen-bond donors (Lipinski definition) is 1. The maximum atomic E-state index is 3.57. The summed E-state index contributed by atoms with van der Waals surface area (Å²) < 4.78 is 0. The summed E-state index contributed by atoms with van der Waals surface area (Å²) in [5.74, 6) is 0.844. The molecule has 14 heavy (non-hydrogen) atoms. The lowest BCUT2D eigenvalue weighted by molar-refractivity contribution is 0.343. The first kappa shape index (κ1) is 14.0. The van der Waals surface area contributed by atoms with Gasteiger partial charge in [-0.1, -0.05) is 53.4 Å². The molecule has 0 rings (SSSR count). The van der Waals surface area contributed by atoms with Crippen molar-refractivity contribution < 1.29 is 0 Å². The summed E-state index contributed by atoms with van der Waals surface area (Å²) in [6.07, 6.45) is 8.25. The number of nitrogens with one attached hydrogen (secondary N) is 1. The second kappa shape index (κ2) is 9.51. The fraction of sp³-hybridized carbons (Fsp3) is 1.00. The third-order valence-electron chi connectivity index (χ3n) is 3.11. The van der Waals surface area contributed by atoms with E-state index in [9.17, 15) is 0 Å². The van der Waals surface area contributed by atoms with Crippen LogP contribution in [0.2, 0.25) is 0 Å². The van der Waals surface area contributed by atoms with Crippen LogP contribution in [-0.4, -0.2) is 12.6 Å². The SMILES string of the molecule is CCCCCCC(C)C(CC)NCC. The summed E-state index contributed by atoms with van der Waals surface area (Å²) in [4.78, 5) is 0. The normalized spacial score (nSPS) is 15.4. The summed E-state index contributed by atoms with van der Waals surface area (Å²) in [6, 6.07) is 0.738. The number of unbranched alkanes of at least 4 members (excludes halogenated alkanes) is 3. The Morgan fingerprint density at radius 3 is 2.21 bits per heavy atom. The number of hydrogen-bond acceptors (Lipinski definition) is 1. The quantitative estimate of drug-likeness (QED) is 0.554. The van der Waals surface area contributed by atoms with Crippen LogP contribution in [0.4, 0.5) is 0 Å². The molecule has 0 aliphatic rings. The van der Waals surface area contributed by atoms with Gasteiger partial charge in [-0.15, -0.1) is 0 Å². The van der Waals surface area contributed by atoms with Crippen molar-refractivity contribution in [2.75, 3.05) is 6.54 Å². The van der Waals surface area contributed by atoms with Gasteiger partial charge in [-0.3, -0.25) is 0 Å². The van der Waals surface area contributed by atoms with Gasteiger partial charge >= 0.3 is 0 Å². The van der Waals surface area contributed by atoms with Gasteiger partial charge in [0.25, 0.3) is 0 Å². The first-order valence-electron chi connectivity index (χ1n) is 6.49. The smallest absolute Gasteiger partial charge is 0.00899 e. The Hall–Kier alpha value is -0.0400. The van der Waals surface area contributed by atoms with Gasteiger partial charge in [0, 0.05) is 6.04 Å². The van der Waals surface area contributed by atoms with E-state index in [1.54, 1.807) is 0 Å². The molecular formula is C13H29N. The topological polar surface area (TPSA) is 12.0 Å². The van der Waals surface area contributed by atoms with Crippen molar-refractivity contribution in [1.29, 1.82) is 0 Å². The third-order valence-corrected chi connectivity index (χ3v) is 3.11. The maximum absolute atomic E-state index is 3.57. The highest BCUT2D eigenvalue weighted by atomic mass is 14.9. The second-order valence-electron chi connectivity index (χ2n) is 4.40. The molecule has 2 unspecified atom stereocenters. The molecule has 86 valence electrons. The Morgan fingerprint density at radius 1 is 1.00 bits per heavy atom. The van der Waals surface area contributed by atoms with Gasteiger partial charge in [0.2, 0.25) is 0 Å². The minimum Gasteiger partial charge on any atom is -0.314 e. The van der Waals surface area contributed by atoms with Crippen molar-refractivity contribution in [1.82, 2.24) is 5.32 Å². The van der Waals surface area contributed by atoms with Crippen LogP contribution in [0, 0.1) is 5.92 Å². The molecule has 0 aliphatic carbocycles. The van der Waals surface area contributed by atoms with Crippen molar-refractivity contribution >= 4 is 0 Å². The molecular weight excluding hydrogens is 170 g/mol. The van der Waals surface area contributed by atoms with Gasteiger partial charge < -0.3 is 5.32 Å². The molecule has 1 heteroatoms. The average Bonchev–Trinajstić information content (AvgIpc) is 2.20. The van der Waals surface area contributed by atoms with Crippen molar-refractivity contribution in [2.24, 2.45) is 5.92 Å². The van der Waals surface area contributed by atoms with Crippen LogP contribution in [0.25, 0.3) is 0 Å². The predicted molar refractivity (Wildman–Crippen MR) is 65.7 cm³/mol. The molecule has 0 spiro atoms. The van der Waals surface area contributed by atoms with E-state index in [0.717, 1.165) is 18.5 Å². The Bertz CT molecular complexity index is 112. The molecule has 0 aromatic heterocycles. The highest BCUT2D eigenvalue weighted by Gasteiger charge is 2.12. The zero-order valence-electron chi connectivity index (χ0n) is 10.6. The second-order valence-corrected chi connectivity index (χ2v) is 4.40. The van der Waals surface area contributed by atoms with E-state index in [-0.39, 0.29) is 0 Å². The van der Waals surface area contributed by atoms with Gasteiger partial charge in [-0.2, -0.15) is 0 Å². The zero-order valence-corrected chi connectivity index (χ0v) is 10.6. The van der Waals surface area contributed by atoms with Crippen LogP contribution in [0.5, 0.6) is 0 Å². The van der Waals surface area contributed by atoms with Gasteiger partial charge in [0.15, 0.2) is 0 Å². The summed E-state index contributed by atoms with van der Waals surface area (Å²) in [6.45, 7) is 10.3. The van der Waals surface area contributed by atoms with Crippen LogP contribution < -0.4 is 5.32 Å². The molecule has 1 N–H and O–H groups in total. The highest BCUT2D eigenvalue weighted by Crippen LogP contribution is 2.15. The molecule has 0 radical (unpaired) electrons. The maximum Gasteiger partial charge on any atom is 0.00899 e. The van der Waals surface area contributed by atoms with E-state index in [1.165, 1.54) is 38.5 Å². The fourth-order valence-corrected chi connectivity index (χ4v) is 2.10. The fourth-order valence-electron chi connectivity index (χ4n) is 2.10. The third kappa shape index (κ3) is 6.42. The van der Waals surface area contributed by atoms with Crippen molar-refractivity contribution in [3.05, 3.63) is 0 Å². The first-order valence-corrected chi connectivity index (χ1v) is 6.49. The number of rotatable bonds is 9. The summed E-state index contributed by atoms with van der Waals surface area (Å²) in [7, 11) is 0. The monoisotopic (exact) mass is 199 g/mol. The van der Waals surface area contributed by atoms with Crippen LogP contribution in [0.1, 0.15) is 66.2 Å². The Labute approximate surface area is 90.7 Å². The van der Waals surface area contributed by atoms with E-state index in [1.807, 2.05) is 0 Å². The lowest BCUT2D eigenvalue weighted by Gasteiger charge is -2.23. The molecule has 0 fully saturated rings. The molecule has 1 nitrogen and oxygen atoms in total. The van der Waals surface area contributed by atoms with E-state index in [0.29, 0.717) is 0 Å². The standard InChI is InChI=1S/C13H29N/c1-5-8-9-10-11-12(4)13(6-2)14-7-3/h12-14H,5-11H2,1-4H3. The minimum absolute atomic E-state index is 0.738. The molecule has 0 bridgehead atoms. The summed E-state index contributed by atoms with van der Waals surface area (Å²) >= 11 is 0. The zero-order chi connectivity index (χ0) is 10.8. The van der Waals surface area contributed by atoms with Crippen LogP contribution in [0.15, 0.2) is 0 Å². The van der Waals surface area contributed by atoms with E-state index in [4.69, 9.17) is 0 Å². The van der Waals surface area contributed by atoms with Gasteiger partial charge in [-0.05, 0) is 25.3 Å². The van der Waals surface area contributed by atoms with Crippen molar-refractivity contribution in [3.63, 3.8) is 0 Å². The Morgan fingerprint density at radius 2 is 1.71 bits per heavy atom. The van der Waals surface area contributed by atoms with Crippen LogP contribution in [0.3, 0.4) is 0 Å². The molecule has 2 atom stereocenters. The highest BCUT2D eigenvalue weighted by molar-refractivity contribution is 4.71. The van der Waals surface area contributed by atoms with Crippen molar-refractivity contribution in [3.8, 4) is 0 Å². The van der Waals surface area contributed by atoms with Crippen LogP contribution >= 0.6 is 0 Å². The molecule has 0 amide bonds. The lowest BCUT2D eigenvalue weighted by Crippen LogP contribution is -2.34. The van der Waals surface area contributed by atoms with Crippen molar-refractivity contribution in [2.45, 2.75) is 72.3 Å². The molecule has 0 saturated carbocycles. The Kier molecular flexibility index (Phi) is 9.49. The molecule has 0 aromatic carbocycles. The largest absolute Gasteiger partial charge is 0.314 e. The lowest BCUT2D eigenvalue weighted by atomic mass is 9.93. The molecule has 0 heterocycles. The molecule has 0 saturated heterocycles. The minimum atomic E-state index is 0.738. The van der Waals surface area contributed by atoms with Crippen LogP contribution in [-0.2, 0) is 0 Å². The van der Waals surface area contributed by atoms with Gasteiger partial charge in [-0.25, -0.2) is 0 Å². The van der Waals surface area contributed by atoms with E-state index in [2.05, 4.69) is 33.0 Å². The first-order chi connectivity index (χ1) is 6.76. The average molecular weight is 199 g/mol. The molecule has 0 aromatic rings. The summed E-state index contributed by atoms with van der Waals surface area (Å²) in [5, 5.41) is 3.57. The van der Waals surface area contributed by atoms with Gasteiger partial charge in [0.1, 0.15) is 0 Å². The summed E-state index contributed by atoms with van der Waals surface area (Å²) in [5.41, 5.74) is 0. The molecule has 0 aliphatic heterocycles. The van der Waals surface area contributed by atoms with E-state index >= 15 is 0 Å².